The minimum absolute atomic E-state index is 0. The van der Waals surface area contributed by atoms with Gasteiger partial charge < -0.3 is 57.3 Å². The van der Waals surface area contributed by atoms with E-state index in [1.54, 1.807) is 107 Å². The van der Waals surface area contributed by atoms with E-state index < -0.39 is 93.6 Å². The number of rotatable bonds is 9. The van der Waals surface area contributed by atoms with E-state index in [1.165, 1.54) is 28.4 Å². The van der Waals surface area contributed by atoms with Gasteiger partial charge in [0.2, 0.25) is 5.82 Å². The number of piperazine rings is 2. The normalized spacial score (nSPS) is 18.7. The maximum Gasteiger partial charge on any atom is 0.501 e. The highest BCUT2D eigenvalue weighted by Gasteiger charge is 2.54. The largest absolute Gasteiger partial charge is 0.501 e. The van der Waals surface area contributed by atoms with Crippen LogP contribution in [0, 0.1) is 44.0 Å². The molecule has 0 spiro atoms. The van der Waals surface area contributed by atoms with Gasteiger partial charge in [0.05, 0.1) is 51.5 Å². The molecule has 30 heteroatoms. The molecule has 13 rings (SSSR count). The number of carbonyl (C=O) groups is 2. The van der Waals surface area contributed by atoms with Gasteiger partial charge in [-0.15, -0.1) is 0 Å². The lowest BCUT2D eigenvalue weighted by Crippen LogP contribution is -2.61. The summed E-state index contributed by atoms with van der Waals surface area (Å²) in [6, 6.07) is 11.1. The molecular weight excluding hydrogens is 1400 g/mol. The van der Waals surface area contributed by atoms with Crippen LogP contribution in [0.25, 0.3) is 44.7 Å². The summed E-state index contributed by atoms with van der Waals surface area (Å²) >= 11 is 6.26. The number of hydrogen-bond acceptors (Lipinski definition) is 20. The second-order valence-corrected chi connectivity index (χ2v) is 31.0. The third kappa shape index (κ3) is 15.3. The second kappa shape index (κ2) is 30.2. The van der Waals surface area contributed by atoms with E-state index in [1.807, 2.05) is 92.9 Å². The molecule has 3 fully saturated rings. The van der Waals surface area contributed by atoms with Gasteiger partial charge in [-0.1, -0.05) is 64.9 Å². The van der Waals surface area contributed by atoms with Crippen LogP contribution in [0.5, 0.6) is 17.2 Å². The topological polar surface area (TPSA) is 242 Å². The van der Waals surface area contributed by atoms with Gasteiger partial charge in [0, 0.05) is 63.3 Å². The van der Waals surface area contributed by atoms with Gasteiger partial charge in [-0.3, -0.25) is 9.97 Å². The Morgan fingerprint density at radius 2 is 1.08 bits per heavy atom. The number of fused-ring (bicyclic) bond motifs is 4. The number of methoxy groups -OCH3 is 1. The number of pyridine rings is 4. The van der Waals surface area contributed by atoms with Crippen molar-refractivity contribution < 1.29 is 64.9 Å². The van der Waals surface area contributed by atoms with Crippen molar-refractivity contribution >= 4 is 70.1 Å². The van der Waals surface area contributed by atoms with Gasteiger partial charge >= 0.3 is 30.7 Å². The number of amides is 2. The lowest BCUT2D eigenvalue weighted by Gasteiger charge is -2.45. The van der Waals surface area contributed by atoms with E-state index in [0.717, 1.165) is 11.1 Å². The smallest absolute Gasteiger partial charge is 0.487 e. The van der Waals surface area contributed by atoms with Crippen LogP contribution < -0.4 is 40.9 Å². The minimum atomic E-state index is -0.863. The first-order valence-electron chi connectivity index (χ1n) is 34.9. The fraction of sp³-hybridized carbons (Fsp3) is 0.500. The summed E-state index contributed by atoms with van der Waals surface area (Å²) in [4.78, 5) is 88.2. The van der Waals surface area contributed by atoms with E-state index in [9.17, 15) is 23.6 Å². The molecule has 3 saturated heterocycles. The molecule has 4 atom stereocenters. The summed E-state index contributed by atoms with van der Waals surface area (Å²) in [6.07, 6.45) is 2.42. The molecule has 0 N–H and O–H groups in total. The fourth-order valence-electron chi connectivity index (χ4n) is 13.7. The van der Waals surface area contributed by atoms with E-state index in [0.29, 0.717) is 40.6 Å². The van der Waals surface area contributed by atoms with Crippen LogP contribution in [0.15, 0.2) is 70.5 Å². The Hall–Kier alpha value is -9.19. The number of nitrogens with zero attached hydrogens (tertiary/aromatic N) is 12. The van der Waals surface area contributed by atoms with Crippen molar-refractivity contribution in [3.8, 4) is 39.9 Å². The van der Waals surface area contributed by atoms with Gasteiger partial charge in [-0.2, -0.15) is 14.4 Å². The second-order valence-electron chi connectivity index (χ2n) is 30.6. The summed E-state index contributed by atoms with van der Waals surface area (Å²) in [5.74, 6) is -2.38. The lowest BCUT2D eigenvalue weighted by molar-refractivity contribution is 0.00578. The minimum Gasteiger partial charge on any atom is -0.487 e. The van der Waals surface area contributed by atoms with Crippen LogP contribution in [0.2, 0.25) is 5.15 Å². The van der Waals surface area contributed by atoms with Gasteiger partial charge in [-0.05, 0) is 163 Å². The van der Waals surface area contributed by atoms with Crippen LogP contribution in [0.1, 0.15) is 158 Å². The molecule has 106 heavy (non-hydrogen) atoms. The first-order chi connectivity index (χ1) is 49.2. The van der Waals surface area contributed by atoms with Crippen molar-refractivity contribution in [1.82, 2.24) is 48.8 Å². The number of carbonyl (C=O) groups excluding carboxylic acids is 2. The maximum atomic E-state index is 16.7. The average Bonchev–Trinajstić information content (AvgIpc) is 1.26. The Labute approximate surface area is 619 Å². The van der Waals surface area contributed by atoms with Gasteiger partial charge in [0.25, 0.3) is 0 Å². The van der Waals surface area contributed by atoms with Crippen LogP contribution in [-0.4, -0.2) is 168 Å². The summed E-state index contributed by atoms with van der Waals surface area (Å²) < 4.78 is 110. The Bertz CT molecular complexity index is 4800. The molecule has 6 aromatic heterocycles. The SMILES string of the molecule is C.COCOc1cccc(F)c1B1OC(C)(C)C(C)(C)O1.Cc1cccc(F)c1-c1nc2c3c(nc(=O)n2-c2c(C)ccnc2C(C)C)N2[C@@H](COc3c1F)CN(C(=O)OC(C)(C)C)C[C@@H]2C.Cc1ccnc(C(C)C)c1-n1c(=O)nc2c3c(c(F)c(Cl)nc31)OC[C@H]1CN(C(=O)OC(C)(C)C)C[C@H](C)N21. The standard InChI is InChI=1S/C34H38F2N6O4.C27H32ClFN6O4.C14H20BFO4.CH4/c1-17(2)26-28(19(4)12-13-37-26)42-30-24-29(25(36)27(38-30)23-18(3)10-9-11-22(23)35)45-16-21-15-40(33(44)46-34(6,7)8)14-20(5)41(21)31(24)39-32(42)43;1-13(2)19-20(14(3)8-9-30-19)35-23-17-21(18(29)22(28)31-23)38-12-16-11-33(26(37)39-27(5,6)7)10-15(4)34(16)24(17)32-25(35)36;1-13(2)14(3,4)20-15(19-13)12-10(16)7-6-8-11(12)18-9-17-5;/h9-13,17,20-21H,14-16H2,1-8H3;8-9,13,15-16H,10-12H2,1-7H3;6-8H,9H2,1-5H3;1H4/t20-,21+;15-,16+;;/m00../s1. The molecule has 0 aliphatic carbocycles. The van der Waals surface area contributed by atoms with Crippen LogP contribution >= 0.6 is 11.6 Å². The first-order valence-corrected chi connectivity index (χ1v) is 35.3. The Morgan fingerprint density at radius 1 is 0.632 bits per heavy atom. The van der Waals surface area contributed by atoms with Crippen LogP contribution in [0.4, 0.5) is 38.8 Å². The number of anilines is 2. The average molecular weight is 1490 g/mol. The number of ether oxygens (including phenoxy) is 6. The Balaban J connectivity index is 0.000000181. The molecule has 0 saturated carbocycles. The van der Waals surface area contributed by atoms with E-state index in [2.05, 4.69) is 24.9 Å². The van der Waals surface area contributed by atoms with Crippen molar-refractivity contribution in [2.75, 3.05) is 63.1 Å². The predicted molar refractivity (Wildman–Crippen MR) is 398 cm³/mol. The number of halogens is 5. The van der Waals surface area contributed by atoms with Crippen molar-refractivity contribution in [2.24, 2.45) is 0 Å². The van der Waals surface area contributed by atoms with Crippen molar-refractivity contribution in [2.45, 2.75) is 197 Å². The molecule has 0 unspecified atom stereocenters. The first kappa shape index (κ1) is 79.4. The summed E-state index contributed by atoms with van der Waals surface area (Å²) in [5, 5.41) is 0.0149. The summed E-state index contributed by atoms with van der Waals surface area (Å²) in [6.45, 7) is 36.6. The Morgan fingerprint density at radius 3 is 1.52 bits per heavy atom. The molecule has 568 valence electrons. The van der Waals surface area contributed by atoms with Crippen LogP contribution in [-0.2, 0) is 23.5 Å². The maximum absolute atomic E-state index is 16.7. The molecule has 5 aliphatic rings. The lowest BCUT2D eigenvalue weighted by atomic mass is 9.78. The molecular formula is C76H94BClF4N12O12. The highest BCUT2D eigenvalue weighted by Crippen LogP contribution is 2.46. The molecule has 24 nitrogen and oxygen atoms in total. The number of hydrogen-bond donors (Lipinski definition) is 0. The number of aryl methyl sites for hydroxylation is 3. The summed E-state index contributed by atoms with van der Waals surface area (Å²) in [7, 11) is 0.710. The monoisotopic (exact) mass is 1490 g/mol. The molecule has 2 amide bonds. The highest BCUT2D eigenvalue weighted by molar-refractivity contribution is 6.63. The molecule has 8 aromatic rings. The van der Waals surface area contributed by atoms with Gasteiger partial charge in [-0.25, -0.2) is 51.5 Å². The summed E-state index contributed by atoms with van der Waals surface area (Å²) in [5.41, 5.74) is 0.799. The quantitative estimate of drug-likeness (QED) is 0.0564. The zero-order valence-corrected chi connectivity index (χ0v) is 63.7. The van der Waals surface area contributed by atoms with Gasteiger partial charge in [0.1, 0.15) is 69.9 Å². The van der Waals surface area contributed by atoms with E-state index >= 15 is 13.2 Å². The third-order valence-corrected chi connectivity index (χ3v) is 19.4. The van der Waals surface area contributed by atoms with Crippen molar-refractivity contribution in [3.63, 3.8) is 0 Å². The molecule has 2 aromatic carbocycles. The van der Waals surface area contributed by atoms with Crippen LogP contribution in [0.3, 0.4) is 0 Å². The Kier molecular flexibility index (Phi) is 22.6. The van der Waals surface area contributed by atoms with Crippen molar-refractivity contribution in [1.29, 1.82) is 0 Å². The van der Waals surface area contributed by atoms with E-state index in [-0.39, 0.29) is 133 Å². The third-order valence-electron chi connectivity index (χ3n) is 19.1. The molecule has 11 heterocycles. The predicted octanol–water partition coefficient (Wildman–Crippen LogP) is 13.4. The fourth-order valence-corrected chi connectivity index (χ4v) is 13.9. The molecule has 0 radical (unpaired) electrons. The van der Waals surface area contributed by atoms with Crippen molar-refractivity contribution in [3.05, 3.63) is 138 Å². The molecule has 0 bridgehead atoms. The highest BCUT2D eigenvalue weighted by atomic mass is 35.5. The number of aromatic nitrogens is 8. The molecule has 5 aliphatic heterocycles. The van der Waals surface area contributed by atoms with Gasteiger partial charge in [0.15, 0.2) is 40.6 Å². The zero-order chi connectivity index (χ0) is 76.6. The van der Waals surface area contributed by atoms with E-state index in [4.69, 9.17) is 54.3 Å². The zero-order valence-electron chi connectivity index (χ0n) is 62.9. The number of benzene rings is 2.